The van der Waals surface area contributed by atoms with E-state index in [1.54, 1.807) is 18.2 Å². The first-order valence-corrected chi connectivity index (χ1v) is 11.3. The Kier molecular flexibility index (Phi) is 9.58. The molecule has 3 amide bonds. The van der Waals surface area contributed by atoms with Crippen LogP contribution in [0.1, 0.15) is 23.6 Å². The lowest BCUT2D eigenvalue weighted by atomic mass is 10.1. The van der Waals surface area contributed by atoms with Crippen LogP contribution in [0.15, 0.2) is 77.9 Å². The molecule has 0 aliphatic carbocycles. The van der Waals surface area contributed by atoms with Gasteiger partial charge in [0, 0.05) is 12.2 Å². The van der Waals surface area contributed by atoms with Gasteiger partial charge in [-0.15, -0.1) is 0 Å². The van der Waals surface area contributed by atoms with E-state index in [9.17, 15) is 14.4 Å². The van der Waals surface area contributed by atoms with Gasteiger partial charge in [-0.05, 0) is 47.4 Å². The molecule has 0 bridgehead atoms. The van der Waals surface area contributed by atoms with E-state index in [0.717, 1.165) is 23.2 Å². The number of hydrazone groups is 1. The molecule has 0 saturated heterocycles. The van der Waals surface area contributed by atoms with Crippen molar-refractivity contribution < 1.29 is 23.9 Å². The molecule has 36 heavy (non-hydrogen) atoms. The number of nitrogens with one attached hydrogen (secondary N) is 3. The van der Waals surface area contributed by atoms with Crippen LogP contribution in [0.5, 0.6) is 11.5 Å². The molecule has 0 saturated carbocycles. The first-order valence-electron chi connectivity index (χ1n) is 11.3. The van der Waals surface area contributed by atoms with Gasteiger partial charge in [0.05, 0.1) is 13.3 Å². The number of carbonyl (C=O) groups excluding carboxylic acids is 3. The van der Waals surface area contributed by atoms with Crippen LogP contribution in [0.3, 0.4) is 0 Å². The molecular weight excluding hydrogens is 460 g/mol. The second-order valence-electron chi connectivity index (χ2n) is 7.63. The predicted octanol–water partition coefficient (Wildman–Crippen LogP) is 3.04. The van der Waals surface area contributed by atoms with Gasteiger partial charge < -0.3 is 20.1 Å². The van der Waals surface area contributed by atoms with Gasteiger partial charge in [0.25, 0.3) is 5.91 Å². The molecule has 0 atom stereocenters. The normalized spacial score (nSPS) is 10.5. The van der Waals surface area contributed by atoms with Crippen LogP contribution in [0.25, 0.3) is 0 Å². The highest BCUT2D eigenvalue weighted by Crippen LogP contribution is 2.27. The number of methoxy groups -OCH3 is 1. The Morgan fingerprint density at radius 3 is 2.42 bits per heavy atom. The Morgan fingerprint density at radius 2 is 1.67 bits per heavy atom. The molecule has 0 radical (unpaired) electrons. The molecule has 0 aliphatic heterocycles. The molecule has 9 heteroatoms. The zero-order valence-corrected chi connectivity index (χ0v) is 20.1. The molecule has 186 valence electrons. The third-order valence-electron chi connectivity index (χ3n) is 5.10. The number of carbonyl (C=O) groups is 3. The minimum atomic E-state index is -0.884. The SMILES string of the molecule is CCc1ccccc1NC(=O)COc1ccc(/C=N\NC(=O)C(=O)NCc2ccccc2)cc1OC. The van der Waals surface area contributed by atoms with Crippen molar-refractivity contribution in [2.24, 2.45) is 5.10 Å². The molecule has 9 nitrogen and oxygen atoms in total. The first-order chi connectivity index (χ1) is 17.5. The monoisotopic (exact) mass is 488 g/mol. The summed E-state index contributed by atoms with van der Waals surface area (Å²) in [6, 6.07) is 21.8. The number of para-hydroxylation sites is 1. The summed E-state index contributed by atoms with van der Waals surface area (Å²) in [5, 5.41) is 9.19. The fourth-order valence-electron chi connectivity index (χ4n) is 3.24. The van der Waals surface area contributed by atoms with Crippen LogP contribution >= 0.6 is 0 Å². The van der Waals surface area contributed by atoms with Crippen molar-refractivity contribution in [1.29, 1.82) is 0 Å². The maximum Gasteiger partial charge on any atom is 0.329 e. The molecule has 3 rings (SSSR count). The summed E-state index contributed by atoms with van der Waals surface area (Å²) >= 11 is 0. The van der Waals surface area contributed by atoms with Crippen LogP contribution < -0.4 is 25.5 Å². The standard InChI is InChI=1S/C27H28N4O5/c1-3-21-11-7-8-12-22(21)30-25(32)18-36-23-14-13-20(15-24(23)35-2)17-29-31-27(34)26(33)28-16-19-9-5-4-6-10-19/h4-15,17H,3,16,18H2,1-2H3,(H,28,33)(H,30,32)(H,31,34)/b29-17-. The Balaban J connectivity index is 1.50. The molecule has 0 fully saturated rings. The van der Waals surface area contributed by atoms with Crippen LogP contribution in [-0.2, 0) is 27.3 Å². The molecular formula is C27H28N4O5. The predicted molar refractivity (Wildman–Crippen MR) is 137 cm³/mol. The average Bonchev–Trinajstić information content (AvgIpc) is 2.91. The number of nitrogens with zero attached hydrogens (tertiary/aromatic N) is 1. The zero-order chi connectivity index (χ0) is 25.8. The Labute approximate surface area is 209 Å². The third-order valence-corrected chi connectivity index (χ3v) is 5.10. The number of rotatable bonds is 10. The minimum absolute atomic E-state index is 0.198. The van der Waals surface area contributed by atoms with Crippen LogP contribution in [0.4, 0.5) is 5.69 Å². The molecule has 0 spiro atoms. The van der Waals surface area contributed by atoms with Crippen LogP contribution in [-0.4, -0.2) is 37.7 Å². The van der Waals surface area contributed by atoms with Crippen molar-refractivity contribution in [3.63, 3.8) is 0 Å². The van der Waals surface area contributed by atoms with Crippen molar-refractivity contribution >= 4 is 29.6 Å². The van der Waals surface area contributed by atoms with Gasteiger partial charge in [0.1, 0.15) is 0 Å². The average molecular weight is 489 g/mol. The summed E-state index contributed by atoms with van der Waals surface area (Å²) in [5.74, 6) is -1.22. The number of hydrogen-bond donors (Lipinski definition) is 3. The second kappa shape index (κ2) is 13.3. The highest BCUT2D eigenvalue weighted by Gasteiger charge is 2.12. The summed E-state index contributed by atoms with van der Waals surface area (Å²) in [6.07, 6.45) is 2.16. The summed E-state index contributed by atoms with van der Waals surface area (Å²) < 4.78 is 11.0. The molecule has 0 aromatic heterocycles. The van der Waals surface area contributed by atoms with Crippen LogP contribution in [0, 0.1) is 0 Å². The van der Waals surface area contributed by atoms with Gasteiger partial charge in [-0.3, -0.25) is 14.4 Å². The van der Waals surface area contributed by atoms with Crippen LogP contribution in [0.2, 0.25) is 0 Å². The Bertz CT molecular complexity index is 1230. The largest absolute Gasteiger partial charge is 0.493 e. The van der Waals surface area contributed by atoms with E-state index in [1.165, 1.54) is 13.3 Å². The fourth-order valence-corrected chi connectivity index (χ4v) is 3.24. The quantitative estimate of drug-likeness (QED) is 0.230. The van der Waals surface area contributed by atoms with E-state index in [1.807, 2.05) is 61.5 Å². The maximum absolute atomic E-state index is 12.3. The lowest BCUT2D eigenvalue weighted by Gasteiger charge is -2.13. The Hall–Kier alpha value is -4.66. The van der Waals surface area contributed by atoms with Gasteiger partial charge in [-0.1, -0.05) is 55.5 Å². The van der Waals surface area contributed by atoms with E-state index < -0.39 is 11.8 Å². The van der Waals surface area contributed by atoms with E-state index in [4.69, 9.17) is 9.47 Å². The number of hydrogen-bond acceptors (Lipinski definition) is 6. The molecule has 0 heterocycles. The highest BCUT2D eigenvalue weighted by molar-refractivity contribution is 6.35. The van der Waals surface area contributed by atoms with E-state index >= 15 is 0 Å². The number of benzene rings is 3. The van der Waals surface area contributed by atoms with Gasteiger partial charge in [0.2, 0.25) is 0 Å². The smallest absolute Gasteiger partial charge is 0.329 e. The fraction of sp³-hybridized carbons (Fsp3) is 0.185. The van der Waals surface area contributed by atoms with E-state index in [0.29, 0.717) is 17.1 Å². The maximum atomic E-state index is 12.3. The first kappa shape index (κ1) is 26.0. The lowest BCUT2D eigenvalue weighted by Crippen LogP contribution is -2.37. The number of ether oxygens (including phenoxy) is 2. The molecule has 0 unspecified atom stereocenters. The third kappa shape index (κ3) is 7.69. The lowest BCUT2D eigenvalue weighted by molar-refractivity contribution is -0.139. The number of amides is 3. The van der Waals surface area contributed by atoms with Gasteiger partial charge in [-0.2, -0.15) is 5.10 Å². The second-order valence-corrected chi connectivity index (χ2v) is 7.63. The Morgan fingerprint density at radius 1 is 0.917 bits per heavy atom. The van der Waals surface area contributed by atoms with Gasteiger partial charge in [-0.25, -0.2) is 5.43 Å². The number of aryl methyl sites for hydroxylation is 1. The minimum Gasteiger partial charge on any atom is -0.493 e. The van der Waals surface area contributed by atoms with Gasteiger partial charge in [0.15, 0.2) is 18.1 Å². The van der Waals surface area contributed by atoms with Crippen molar-refractivity contribution in [3.8, 4) is 11.5 Å². The molecule has 3 N–H and O–H groups in total. The van der Waals surface area contributed by atoms with Crippen molar-refractivity contribution in [3.05, 3.63) is 89.5 Å². The topological polar surface area (TPSA) is 118 Å². The van der Waals surface area contributed by atoms with Crippen molar-refractivity contribution in [1.82, 2.24) is 10.7 Å². The zero-order valence-electron chi connectivity index (χ0n) is 20.1. The summed E-state index contributed by atoms with van der Waals surface area (Å²) in [4.78, 5) is 36.2. The highest BCUT2D eigenvalue weighted by atomic mass is 16.5. The van der Waals surface area contributed by atoms with Crippen molar-refractivity contribution in [2.75, 3.05) is 19.0 Å². The number of anilines is 1. The molecule has 3 aromatic carbocycles. The van der Waals surface area contributed by atoms with Crippen molar-refractivity contribution in [2.45, 2.75) is 19.9 Å². The van der Waals surface area contributed by atoms with E-state index in [-0.39, 0.29) is 19.1 Å². The van der Waals surface area contributed by atoms with Gasteiger partial charge >= 0.3 is 11.8 Å². The summed E-state index contributed by atoms with van der Waals surface area (Å²) in [7, 11) is 1.47. The molecule has 3 aromatic rings. The summed E-state index contributed by atoms with van der Waals surface area (Å²) in [6.45, 7) is 2.05. The molecule has 0 aliphatic rings. The summed E-state index contributed by atoms with van der Waals surface area (Å²) in [5.41, 5.74) is 5.44. The van der Waals surface area contributed by atoms with E-state index in [2.05, 4.69) is 21.2 Å².